The molecule has 1 N–H and O–H groups in total. The molecule has 0 aliphatic carbocycles. The summed E-state index contributed by atoms with van der Waals surface area (Å²) >= 11 is 0. The van der Waals surface area contributed by atoms with E-state index in [0.29, 0.717) is 17.5 Å². The van der Waals surface area contributed by atoms with Gasteiger partial charge in [-0.1, -0.05) is 48.0 Å². The van der Waals surface area contributed by atoms with Crippen molar-refractivity contribution in [2.24, 2.45) is 11.3 Å². The molecule has 0 amide bonds. The highest BCUT2D eigenvalue weighted by Crippen LogP contribution is 2.27. The van der Waals surface area contributed by atoms with Gasteiger partial charge < -0.3 is 5.32 Å². The normalized spacial score (nSPS) is 27.7. The fourth-order valence-electron chi connectivity index (χ4n) is 2.75. The molecule has 0 saturated carbocycles. The fourth-order valence-corrected chi connectivity index (χ4v) is 2.75. The van der Waals surface area contributed by atoms with Crippen LogP contribution < -0.4 is 5.32 Å². The van der Waals surface area contributed by atoms with Gasteiger partial charge in [-0.25, -0.2) is 0 Å². The van der Waals surface area contributed by atoms with Crippen LogP contribution in [0.25, 0.3) is 0 Å². The lowest BCUT2D eigenvalue weighted by atomic mass is 9.83. The Bertz CT molecular complexity index is 217. The van der Waals surface area contributed by atoms with E-state index in [1.54, 1.807) is 0 Å². The number of unbranched alkanes of at least 4 members (excludes halogenated alkanes) is 1. The third-order valence-corrected chi connectivity index (χ3v) is 4.05. The van der Waals surface area contributed by atoms with Crippen LogP contribution in [0.15, 0.2) is 0 Å². The van der Waals surface area contributed by atoms with Gasteiger partial charge in [0.15, 0.2) is 0 Å². The molecule has 0 spiro atoms. The molecule has 17 heavy (non-hydrogen) atoms. The van der Waals surface area contributed by atoms with Crippen molar-refractivity contribution in [2.45, 2.75) is 66.5 Å². The second-order valence-corrected chi connectivity index (χ2v) is 6.99. The Hall–Kier alpha value is -0.0800. The number of nitrogens with one attached hydrogen (secondary N) is 1. The first-order valence-corrected chi connectivity index (χ1v) is 7.33. The van der Waals surface area contributed by atoms with Crippen LogP contribution in [0.1, 0.15) is 54.4 Å². The number of hydrogen-bond donors (Lipinski definition) is 1. The van der Waals surface area contributed by atoms with E-state index < -0.39 is 0 Å². The summed E-state index contributed by atoms with van der Waals surface area (Å²) < 4.78 is 0. The molecular formula is C15H32N2. The summed E-state index contributed by atoms with van der Waals surface area (Å²) in [7, 11) is 0. The summed E-state index contributed by atoms with van der Waals surface area (Å²) in [6, 6.07) is 1.36. The third kappa shape index (κ3) is 4.26. The van der Waals surface area contributed by atoms with E-state index >= 15 is 0 Å². The first-order chi connectivity index (χ1) is 7.86. The number of rotatable bonds is 4. The summed E-state index contributed by atoms with van der Waals surface area (Å²) in [4.78, 5) is 2.73. The van der Waals surface area contributed by atoms with Gasteiger partial charge in [0.1, 0.15) is 0 Å². The topological polar surface area (TPSA) is 15.3 Å². The average Bonchev–Trinajstić information content (AvgIpc) is 2.24. The summed E-state index contributed by atoms with van der Waals surface area (Å²) in [5.41, 5.74) is 0.378. The van der Waals surface area contributed by atoms with Gasteiger partial charge in [0.05, 0.1) is 0 Å². The highest BCUT2D eigenvalue weighted by molar-refractivity contribution is 4.93. The number of hydrogen-bond acceptors (Lipinski definition) is 2. The minimum Gasteiger partial charge on any atom is -0.311 e. The SMILES string of the molecule is CCCCN1CC(C(C)C)NCC1C(C)(C)C. The van der Waals surface area contributed by atoms with Crippen molar-refractivity contribution in [2.75, 3.05) is 19.6 Å². The van der Waals surface area contributed by atoms with E-state index in [0.717, 1.165) is 12.5 Å². The second kappa shape index (κ2) is 6.19. The van der Waals surface area contributed by atoms with E-state index in [1.807, 2.05) is 0 Å². The van der Waals surface area contributed by atoms with E-state index in [-0.39, 0.29) is 0 Å². The Balaban J connectivity index is 2.65. The molecule has 1 saturated heterocycles. The third-order valence-electron chi connectivity index (χ3n) is 4.05. The Morgan fingerprint density at radius 1 is 1.29 bits per heavy atom. The molecule has 0 radical (unpaired) electrons. The molecule has 1 heterocycles. The average molecular weight is 240 g/mol. The van der Waals surface area contributed by atoms with Gasteiger partial charge in [-0.2, -0.15) is 0 Å². The lowest BCUT2D eigenvalue weighted by molar-refractivity contribution is 0.0452. The zero-order valence-corrected chi connectivity index (χ0v) is 12.7. The predicted molar refractivity (Wildman–Crippen MR) is 76.4 cm³/mol. The van der Waals surface area contributed by atoms with E-state index in [1.165, 1.54) is 25.9 Å². The lowest BCUT2D eigenvalue weighted by Gasteiger charge is -2.47. The summed E-state index contributed by atoms with van der Waals surface area (Å²) in [5, 5.41) is 3.74. The zero-order valence-electron chi connectivity index (χ0n) is 12.7. The smallest absolute Gasteiger partial charge is 0.0269 e. The van der Waals surface area contributed by atoms with Crippen LogP contribution in [0.2, 0.25) is 0 Å². The van der Waals surface area contributed by atoms with Crippen molar-refractivity contribution in [3.63, 3.8) is 0 Å². The van der Waals surface area contributed by atoms with Crippen LogP contribution in [-0.4, -0.2) is 36.6 Å². The molecule has 0 aromatic heterocycles. The standard InChI is InChI=1S/C15H32N2/c1-7-8-9-17-11-13(12(2)3)16-10-14(17)15(4,5)6/h12-14,16H,7-11H2,1-6H3. The summed E-state index contributed by atoms with van der Waals surface area (Å²) in [5.74, 6) is 0.736. The highest BCUT2D eigenvalue weighted by atomic mass is 15.2. The van der Waals surface area contributed by atoms with Gasteiger partial charge in [-0.3, -0.25) is 4.90 Å². The summed E-state index contributed by atoms with van der Waals surface area (Å²) in [6.45, 7) is 17.7. The van der Waals surface area contributed by atoms with Gasteiger partial charge >= 0.3 is 0 Å². The fraction of sp³-hybridized carbons (Fsp3) is 1.00. The van der Waals surface area contributed by atoms with E-state index in [2.05, 4.69) is 51.8 Å². The molecule has 0 aromatic rings. The van der Waals surface area contributed by atoms with Crippen molar-refractivity contribution in [3.05, 3.63) is 0 Å². The van der Waals surface area contributed by atoms with Crippen LogP contribution >= 0.6 is 0 Å². The maximum absolute atomic E-state index is 3.74. The van der Waals surface area contributed by atoms with Crippen LogP contribution in [-0.2, 0) is 0 Å². The molecule has 2 unspecified atom stereocenters. The largest absolute Gasteiger partial charge is 0.311 e. The molecule has 2 atom stereocenters. The van der Waals surface area contributed by atoms with Crippen molar-refractivity contribution in [1.29, 1.82) is 0 Å². The van der Waals surface area contributed by atoms with E-state index in [9.17, 15) is 0 Å². The first-order valence-electron chi connectivity index (χ1n) is 7.33. The Labute approximate surface area is 108 Å². The molecule has 2 heteroatoms. The van der Waals surface area contributed by atoms with Crippen LogP contribution in [0.4, 0.5) is 0 Å². The van der Waals surface area contributed by atoms with Gasteiger partial charge in [0.2, 0.25) is 0 Å². The molecule has 1 aliphatic rings. The number of piperazine rings is 1. The molecule has 0 bridgehead atoms. The molecule has 1 aliphatic heterocycles. The minimum absolute atomic E-state index is 0.378. The van der Waals surface area contributed by atoms with Crippen molar-refractivity contribution >= 4 is 0 Å². The van der Waals surface area contributed by atoms with Gasteiger partial charge in [0, 0.05) is 25.2 Å². The van der Waals surface area contributed by atoms with Crippen molar-refractivity contribution < 1.29 is 0 Å². The van der Waals surface area contributed by atoms with Gasteiger partial charge in [0.25, 0.3) is 0 Å². The quantitative estimate of drug-likeness (QED) is 0.812. The molecule has 1 rings (SSSR count). The minimum atomic E-state index is 0.378. The predicted octanol–water partition coefficient (Wildman–Crippen LogP) is 3.13. The van der Waals surface area contributed by atoms with E-state index in [4.69, 9.17) is 0 Å². The first kappa shape index (κ1) is 15.0. The molecular weight excluding hydrogens is 208 g/mol. The molecule has 1 fully saturated rings. The molecule has 102 valence electrons. The Morgan fingerprint density at radius 2 is 1.94 bits per heavy atom. The monoisotopic (exact) mass is 240 g/mol. The molecule has 0 aromatic carbocycles. The zero-order chi connectivity index (χ0) is 13.1. The van der Waals surface area contributed by atoms with Crippen LogP contribution in [0, 0.1) is 11.3 Å². The number of nitrogens with zero attached hydrogens (tertiary/aromatic N) is 1. The van der Waals surface area contributed by atoms with Crippen LogP contribution in [0.5, 0.6) is 0 Å². The maximum atomic E-state index is 3.74. The second-order valence-electron chi connectivity index (χ2n) is 6.99. The Morgan fingerprint density at radius 3 is 2.41 bits per heavy atom. The van der Waals surface area contributed by atoms with Gasteiger partial charge in [-0.15, -0.1) is 0 Å². The lowest BCUT2D eigenvalue weighted by Crippen LogP contribution is -2.61. The Kier molecular flexibility index (Phi) is 5.46. The van der Waals surface area contributed by atoms with Gasteiger partial charge in [-0.05, 0) is 24.3 Å². The highest BCUT2D eigenvalue weighted by Gasteiger charge is 2.35. The maximum Gasteiger partial charge on any atom is 0.0269 e. The van der Waals surface area contributed by atoms with Crippen molar-refractivity contribution in [3.8, 4) is 0 Å². The summed E-state index contributed by atoms with van der Waals surface area (Å²) in [6.07, 6.45) is 2.63. The van der Waals surface area contributed by atoms with Crippen molar-refractivity contribution in [1.82, 2.24) is 10.2 Å². The molecule has 2 nitrogen and oxygen atoms in total. The van der Waals surface area contributed by atoms with Crippen LogP contribution in [0.3, 0.4) is 0 Å².